The minimum Gasteiger partial charge on any atom is -0.352 e. The second-order valence-electron chi connectivity index (χ2n) is 5.25. The molecule has 0 aromatic heterocycles. The summed E-state index contributed by atoms with van der Waals surface area (Å²) in [5, 5.41) is 3.32. The van der Waals surface area contributed by atoms with E-state index in [9.17, 15) is 14.0 Å². The summed E-state index contributed by atoms with van der Waals surface area (Å²) in [5.41, 5.74) is 1.03. The molecule has 1 fully saturated rings. The minimum atomic E-state index is -0.724. The lowest BCUT2D eigenvalue weighted by Gasteiger charge is -2.35. The number of piperazine rings is 1. The minimum absolute atomic E-state index is 0.242. The highest BCUT2D eigenvalue weighted by Gasteiger charge is 2.34. The first-order chi connectivity index (χ1) is 11.1. The fourth-order valence-electron chi connectivity index (χ4n) is 2.62. The van der Waals surface area contributed by atoms with Gasteiger partial charge in [0, 0.05) is 23.7 Å². The molecule has 1 aliphatic rings. The van der Waals surface area contributed by atoms with Gasteiger partial charge in [0.05, 0.1) is 0 Å². The first-order valence-corrected chi connectivity index (χ1v) is 7.54. The zero-order chi connectivity index (χ0) is 16.4. The second kappa shape index (κ2) is 6.38. The van der Waals surface area contributed by atoms with Crippen molar-refractivity contribution >= 4 is 23.4 Å². The van der Waals surface area contributed by atoms with Gasteiger partial charge in [-0.2, -0.15) is 0 Å². The molecule has 1 heterocycles. The molecule has 6 heteroatoms. The molecule has 118 valence electrons. The van der Waals surface area contributed by atoms with Gasteiger partial charge < -0.3 is 10.2 Å². The Bertz CT molecular complexity index is 731. The van der Waals surface area contributed by atoms with Crippen LogP contribution in [-0.2, 0) is 4.79 Å². The van der Waals surface area contributed by atoms with Crippen LogP contribution in [0.1, 0.15) is 22.0 Å². The molecule has 4 nitrogen and oxygen atoms in total. The molecule has 1 saturated heterocycles. The number of halogens is 2. The van der Waals surface area contributed by atoms with Crippen LogP contribution in [0.4, 0.5) is 4.39 Å². The summed E-state index contributed by atoms with van der Waals surface area (Å²) in [6.45, 7) is 0.769. The van der Waals surface area contributed by atoms with Crippen molar-refractivity contribution in [3.05, 3.63) is 70.5 Å². The zero-order valence-electron chi connectivity index (χ0n) is 12.1. The predicted octanol–water partition coefficient (Wildman–Crippen LogP) is 2.79. The molecule has 0 aliphatic carbocycles. The molecule has 0 saturated carbocycles. The van der Waals surface area contributed by atoms with Crippen LogP contribution >= 0.6 is 11.6 Å². The van der Waals surface area contributed by atoms with Crippen molar-refractivity contribution in [1.82, 2.24) is 10.2 Å². The number of amides is 2. The Hall–Kier alpha value is -2.40. The molecule has 2 aromatic rings. The van der Waals surface area contributed by atoms with E-state index in [4.69, 9.17) is 11.6 Å². The fraction of sp³-hybridized carbons (Fsp3) is 0.176. The number of rotatable bonds is 2. The number of carbonyl (C=O) groups excluding carboxylic acids is 2. The van der Waals surface area contributed by atoms with Gasteiger partial charge in [-0.25, -0.2) is 4.39 Å². The first-order valence-electron chi connectivity index (χ1n) is 7.16. The van der Waals surface area contributed by atoms with Gasteiger partial charge in [-0.3, -0.25) is 9.59 Å². The van der Waals surface area contributed by atoms with Crippen LogP contribution in [0.15, 0.2) is 48.5 Å². The van der Waals surface area contributed by atoms with E-state index in [1.165, 1.54) is 29.2 Å². The molecule has 2 amide bonds. The molecule has 1 N–H and O–H groups in total. The largest absolute Gasteiger partial charge is 0.352 e. The Balaban J connectivity index is 1.94. The molecule has 2 aromatic carbocycles. The summed E-state index contributed by atoms with van der Waals surface area (Å²) in [6, 6.07) is 11.4. The molecule has 0 spiro atoms. The molecule has 1 aliphatic heterocycles. The topological polar surface area (TPSA) is 49.4 Å². The monoisotopic (exact) mass is 332 g/mol. The summed E-state index contributed by atoms with van der Waals surface area (Å²) < 4.78 is 13.0. The lowest BCUT2D eigenvalue weighted by atomic mass is 10.0. The van der Waals surface area contributed by atoms with Crippen molar-refractivity contribution in [1.29, 1.82) is 0 Å². The highest BCUT2D eigenvalue weighted by atomic mass is 35.5. The predicted molar refractivity (Wildman–Crippen MR) is 84.6 cm³/mol. The van der Waals surface area contributed by atoms with E-state index < -0.39 is 11.9 Å². The van der Waals surface area contributed by atoms with Crippen LogP contribution in [0.2, 0.25) is 5.02 Å². The normalized spacial score (nSPS) is 17.7. The van der Waals surface area contributed by atoms with Crippen LogP contribution in [0.25, 0.3) is 0 Å². The van der Waals surface area contributed by atoms with E-state index >= 15 is 0 Å². The van der Waals surface area contributed by atoms with E-state index in [0.717, 1.165) is 0 Å². The average molecular weight is 333 g/mol. The van der Waals surface area contributed by atoms with Crippen LogP contribution in [0.3, 0.4) is 0 Å². The maximum absolute atomic E-state index is 13.0. The Morgan fingerprint density at radius 2 is 1.78 bits per heavy atom. The Morgan fingerprint density at radius 1 is 1.13 bits per heavy atom. The third-order valence-electron chi connectivity index (χ3n) is 3.75. The van der Waals surface area contributed by atoms with Gasteiger partial charge in [0.2, 0.25) is 5.91 Å². The van der Waals surface area contributed by atoms with Crippen molar-refractivity contribution in [2.24, 2.45) is 0 Å². The first kappa shape index (κ1) is 15.5. The highest BCUT2D eigenvalue weighted by molar-refractivity contribution is 6.30. The van der Waals surface area contributed by atoms with Gasteiger partial charge in [-0.1, -0.05) is 23.7 Å². The lowest BCUT2D eigenvalue weighted by Crippen LogP contribution is -2.52. The van der Waals surface area contributed by atoms with Crippen LogP contribution in [0, 0.1) is 5.82 Å². The molecular formula is C17H14ClFN2O2. The van der Waals surface area contributed by atoms with E-state index in [0.29, 0.717) is 29.2 Å². The van der Waals surface area contributed by atoms with Crippen LogP contribution in [-0.4, -0.2) is 29.8 Å². The van der Waals surface area contributed by atoms with Crippen molar-refractivity contribution < 1.29 is 14.0 Å². The second-order valence-corrected chi connectivity index (χ2v) is 5.69. The van der Waals surface area contributed by atoms with Crippen LogP contribution < -0.4 is 5.32 Å². The maximum Gasteiger partial charge on any atom is 0.254 e. The third kappa shape index (κ3) is 3.19. The summed E-state index contributed by atoms with van der Waals surface area (Å²) >= 11 is 5.88. The fourth-order valence-corrected chi connectivity index (χ4v) is 2.75. The van der Waals surface area contributed by atoms with Gasteiger partial charge in [-0.05, 0) is 42.0 Å². The van der Waals surface area contributed by atoms with E-state index in [1.54, 1.807) is 24.3 Å². The van der Waals surface area contributed by atoms with Crippen molar-refractivity contribution in [3.63, 3.8) is 0 Å². The van der Waals surface area contributed by atoms with Crippen molar-refractivity contribution in [2.75, 3.05) is 13.1 Å². The summed E-state index contributed by atoms with van der Waals surface area (Å²) in [6.07, 6.45) is 0. The maximum atomic E-state index is 13.0. The van der Waals surface area contributed by atoms with Gasteiger partial charge in [-0.15, -0.1) is 0 Å². The SMILES string of the molecule is O=C1NCCN(C(=O)c2ccc(F)cc2)C1c1ccc(Cl)cc1. The van der Waals surface area contributed by atoms with Gasteiger partial charge in [0.25, 0.3) is 5.91 Å². The lowest BCUT2D eigenvalue weighted by molar-refractivity contribution is -0.128. The standard InChI is InChI=1S/C17H14ClFN2O2/c18-13-5-1-11(2-6-13)15-16(22)20-9-10-21(15)17(23)12-3-7-14(19)8-4-12/h1-8,15H,9-10H2,(H,20,22). The van der Waals surface area contributed by atoms with E-state index in [-0.39, 0.29) is 11.8 Å². The highest BCUT2D eigenvalue weighted by Crippen LogP contribution is 2.26. The summed E-state index contributed by atoms with van der Waals surface area (Å²) in [5.74, 6) is -0.957. The molecule has 1 unspecified atom stereocenters. The summed E-state index contributed by atoms with van der Waals surface area (Å²) in [7, 11) is 0. The quantitative estimate of drug-likeness (QED) is 0.919. The third-order valence-corrected chi connectivity index (χ3v) is 4.00. The van der Waals surface area contributed by atoms with Crippen molar-refractivity contribution in [3.8, 4) is 0 Å². The number of benzene rings is 2. The molecule has 1 atom stereocenters. The number of nitrogens with zero attached hydrogens (tertiary/aromatic N) is 1. The van der Waals surface area contributed by atoms with Crippen LogP contribution in [0.5, 0.6) is 0 Å². The Morgan fingerprint density at radius 3 is 2.43 bits per heavy atom. The molecule has 23 heavy (non-hydrogen) atoms. The number of nitrogens with one attached hydrogen (secondary N) is 1. The smallest absolute Gasteiger partial charge is 0.254 e. The molecule has 3 rings (SSSR count). The Labute approximate surface area is 137 Å². The van der Waals surface area contributed by atoms with Gasteiger partial charge in [0.15, 0.2) is 0 Å². The van der Waals surface area contributed by atoms with E-state index in [2.05, 4.69) is 5.32 Å². The van der Waals surface area contributed by atoms with Crippen molar-refractivity contribution in [2.45, 2.75) is 6.04 Å². The number of hydrogen-bond donors (Lipinski definition) is 1. The molecule has 0 bridgehead atoms. The van der Waals surface area contributed by atoms with E-state index in [1.807, 2.05) is 0 Å². The Kier molecular flexibility index (Phi) is 4.30. The number of hydrogen-bond acceptors (Lipinski definition) is 2. The average Bonchev–Trinajstić information content (AvgIpc) is 2.56. The number of carbonyl (C=O) groups is 2. The summed E-state index contributed by atoms with van der Waals surface area (Å²) in [4.78, 5) is 26.5. The molecular weight excluding hydrogens is 319 g/mol. The molecule has 0 radical (unpaired) electrons. The zero-order valence-corrected chi connectivity index (χ0v) is 12.9. The van der Waals surface area contributed by atoms with Gasteiger partial charge >= 0.3 is 0 Å². The van der Waals surface area contributed by atoms with Gasteiger partial charge in [0.1, 0.15) is 11.9 Å².